The van der Waals surface area contributed by atoms with Crippen molar-refractivity contribution in [3.63, 3.8) is 0 Å². The van der Waals surface area contributed by atoms with Crippen LogP contribution in [0.1, 0.15) is 0 Å². The first-order valence-corrected chi connectivity index (χ1v) is 3.30. The van der Waals surface area contributed by atoms with Gasteiger partial charge in [-0.25, -0.2) is 9.97 Å². The summed E-state index contributed by atoms with van der Waals surface area (Å²) in [7, 11) is 0. The fourth-order valence-corrected chi connectivity index (χ4v) is 0.322. The van der Waals surface area contributed by atoms with Crippen molar-refractivity contribution in [2.75, 3.05) is 24.6 Å². The summed E-state index contributed by atoms with van der Waals surface area (Å²) in [6.45, 7) is 1.19. The van der Waals surface area contributed by atoms with Crippen LogP contribution in [0.3, 0.4) is 0 Å². The fraction of sp³-hybridized carbons (Fsp3) is 0.400. The minimum atomic E-state index is 0.150. The molecule has 1 aromatic rings. The van der Waals surface area contributed by atoms with E-state index < -0.39 is 0 Å². The van der Waals surface area contributed by atoms with E-state index in [0.29, 0.717) is 13.1 Å². The van der Waals surface area contributed by atoms with Gasteiger partial charge in [0.15, 0.2) is 0 Å². The number of anilines is 2. The van der Waals surface area contributed by atoms with Crippen LogP contribution < -0.4 is 22.9 Å². The van der Waals surface area contributed by atoms with Crippen LogP contribution in [0.4, 0.5) is 11.9 Å². The predicted molar refractivity (Wildman–Crippen MR) is 46.8 cm³/mol. The van der Waals surface area contributed by atoms with E-state index >= 15 is 0 Å². The molecule has 0 aliphatic carbocycles. The molecule has 0 atom stereocenters. The van der Waals surface area contributed by atoms with E-state index in [1.807, 2.05) is 0 Å². The molecule has 8 N–H and O–H groups in total. The molecule has 1 rings (SSSR count). The molecule has 7 nitrogen and oxygen atoms in total. The Labute approximate surface area is 70.2 Å². The highest BCUT2D eigenvalue weighted by Gasteiger charge is 1.86. The topological polar surface area (TPSA) is 143 Å². The van der Waals surface area contributed by atoms with Crippen LogP contribution in [0, 0.1) is 0 Å². The predicted octanol–water partition coefficient (Wildman–Crippen LogP) is -2.06. The van der Waals surface area contributed by atoms with Crippen LogP contribution in [0.25, 0.3) is 0 Å². The number of hydrogen-bond donors (Lipinski definition) is 4. The number of nitrogens with zero attached hydrogens (tertiary/aromatic N) is 3. The molecule has 0 bridgehead atoms. The molecule has 68 valence electrons. The lowest BCUT2D eigenvalue weighted by Gasteiger charge is -1.88. The van der Waals surface area contributed by atoms with E-state index in [0.717, 1.165) is 0 Å². The normalized spacial score (nSPS) is 8.50. The van der Waals surface area contributed by atoms with E-state index in [2.05, 4.69) is 15.0 Å². The molecule has 7 heteroatoms. The van der Waals surface area contributed by atoms with Gasteiger partial charge in [0, 0.05) is 13.1 Å². The van der Waals surface area contributed by atoms with Crippen molar-refractivity contribution in [1.29, 1.82) is 0 Å². The molecule has 0 saturated heterocycles. The third kappa shape index (κ3) is 5.33. The van der Waals surface area contributed by atoms with Gasteiger partial charge in [-0.2, -0.15) is 4.98 Å². The Morgan fingerprint density at radius 1 is 1.00 bits per heavy atom. The fourth-order valence-electron chi connectivity index (χ4n) is 0.322. The standard InChI is InChI=1S/C3H5N5.C2H8N2/c4-2-6-1-7-3(5)8-2;3-1-2-4/h1H,(H4,4,5,6,7,8);1-4H2. The van der Waals surface area contributed by atoms with Crippen LogP contribution in [0.2, 0.25) is 0 Å². The molecule has 0 aromatic carbocycles. The summed E-state index contributed by atoms with van der Waals surface area (Å²) in [4.78, 5) is 10.5. The average Bonchev–Trinajstić information content (AvgIpc) is 2.04. The first-order chi connectivity index (χ1) is 5.70. The number of rotatable bonds is 1. The largest absolute Gasteiger partial charge is 0.368 e. The Bertz CT molecular complexity index is 193. The lowest BCUT2D eigenvalue weighted by Crippen LogP contribution is -2.11. The lowest BCUT2D eigenvalue weighted by atomic mass is 10.7. The summed E-state index contributed by atoms with van der Waals surface area (Å²) in [5.41, 5.74) is 20.0. The van der Waals surface area contributed by atoms with Gasteiger partial charge in [0.25, 0.3) is 0 Å². The summed E-state index contributed by atoms with van der Waals surface area (Å²) < 4.78 is 0. The third-order valence-electron chi connectivity index (χ3n) is 0.776. The zero-order valence-corrected chi connectivity index (χ0v) is 6.64. The molecule has 0 saturated carbocycles. The molecular formula is C5H13N7. The van der Waals surface area contributed by atoms with Crippen molar-refractivity contribution in [2.24, 2.45) is 11.5 Å². The molecule has 0 unspecified atom stereocenters. The van der Waals surface area contributed by atoms with E-state index in [1.54, 1.807) is 0 Å². The zero-order valence-electron chi connectivity index (χ0n) is 6.64. The van der Waals surface area contributed by atoms with Gasteiger partial charge in [-0.1, -0.05) is 0 Å². The second-order valence-electron chi connectivity index (χ2n) is 1.78. The quantitative estimate of drug-likeness (QED) is 0.380. The maximum absolute atomic E-state index is 5.12. The van der Waals surface area contributed by atoms with Gasteiger partial charge in [-0.3, -0.25) is 0 Å². The molecular weight excluding hydrogens is 158 g/mol. The van der Waals surface area contributed by atoms with Gasteiger partial charge in [-0.05, 0) is 0 Å². The van der Waals surface area contributed by atoms with Crippen LogP contribution in [0.15, 0.2) is 6.33 Å². The van der Waals surface area contributed by atoms with Crippen LogP contribution in [-0.4, -0.2) is 28.0 Å². The number of nitrogens with two attached hydrogens (primary N) is 4. The van der Waals surface area contributed by atoms with Crippen molar-refractivity contribution < 1.29 is 0 Å². The van der Waals surface area contributed by atoms with Crippen molar-refractivity contribution in [3.05, 3.63) is 6.33 Å². The third-order valence-corrected chi connectivity index (χ3v) is 0.776. The summed E-state index contributed by atoms with van der Waals surface area (Å²) in [5, 5.41) is 0. The minimum Gasteiger partial charge on any atom is -0.368 e. The second-order valence-corrected chi connectivity index (χ2v) is 1.78. The highest BCUT2D eigenvalue weighted by atomic mass is 15.1. The van der Waals surface area contributed by atoms with Crippen LogP contribution in [-0.2, 0) is 0 Å². The summed E-state index contributed by atoms with van der Waals surface area (Å²) in [5.74, 6) is 0.301. The van der Waals surface area contributed by atoms with Gasteiger partial charge in [-0.15, -0.1) is 0 Å². The van der Waals surface area contributed by atoms with Crippen molar-refractivity contribution in [3.8, 4) is 0 Å². The minimum absolute atomic E-state index is 0.150. The van der Waals surface area contributed by atoms with Gasteiger partial charge in [0.2, 0.25) is 11.9 Å². The SMILES string of the molecule is NCCN.Nc1ncnc(N)n1. The van der Waals surface area contributed by atoms with Gasteiger partial charge >= 0.3 is 0 Å². The lowest BCUT2D eigenvalue weighted by molar-refractivity contribution is 0.976. The summed E-state index contributed by atoms with van der Waals surface area (Å²) in [6, 6.07) is 0. The molecule has 12 heavy (non-hydrogen) atoms. The summed E-state index contributed by atoms with van der Waals surface area (Å²) >= 11 is 0. The van der Waals surface area contributed by atoms with Gasteiger partial charge in [0.05, 0.1) is 0 Å². The van der Waals surface area contributed by atoms with E-state index in [-0.39, 0.29) is 11.9 Å². The molecule has 1 heterocycles. The highest BCUT2D eigenvalue weighted by Crippen LogP contribution is 1.88. The van der Waals surface area contributed by atoms with Crippen LogP contribution in [0.5, 0.6) is 0 Å². The molecule has 0 aliphatic heterocycles. The molecule has 0 radical (unpaired) electrons. The molecule has 0 spiro atoms. The highest BCUT2D eigenvalue weighted by molar-refractivity contribution is 5.22. The smallest absolute Gasteiger partial charge is 0.224 e. The van der Waals surface area contributed by atoms with E-state index in [9.17, 15) is 0 Å². The monoisotopic (exact) mass is 171 g/mol. The Balaban J connectivity index is 0.000000261. The van der Waals surface area contributed by atoms with Gasteiger partial charge < -0.3 is 22.9 Å². The van der Waals surface area contributed by atoms with Crippen molar-refractivity contribution in [1.82, 2.24) is 15.0 Å². The van der Waals surface area contributed by atoms with Crippen LogP contribution >= 0.6 is 0 Å². The molecule has 1 aromatic heterocycles. The average molecular weight is 171 g/mol. The Hall–Kier alpha value is -1.47. The first-order valence-electron chi connectivity index (χ1n) is 3.30. The van der Waals surface area contributed by atoms with E-state index in [4.69, 9.17) is 22.9 Å². The van der Waals surface area contributed by atoms with E-state index in [1.165, 1.54) is 6.33 Å². The maximum atomic E-state index is 5.12. The van der Waals surface area contributed by atoms with Crippen molar-refractivity contribution >= 4 is 11.9 Å². The number of nitrogen functional groups attached to an aromatic ring is 2. The van der Waals surface area contributed by atoms with Gasteiger partial charge in [0.1, 0.15) is 6.33 Å². The Morgan fingerprint density at radius 2 is 1.42 bits per heavy atom. The first kappa shape index (κ1) is 10.5. The van der Waals surface area contributed by atoms with Crippen molar-refractivity contribution in [2.45, 2.75) is 0 Å². The maximum Gasteiger partial charge on any atom is 0.224 e. The number of hydrogen-bond acceptors (Lipinski definition) is 7. The summed E-state index contributed by atoms with van der Waals surface area (Å²) in [6.07, 6.45) is 1.26. The Kier molecular flexibility index (Phi) is 5.49. The second kappa shape index (κ2) is 6.25. The number of aromatic nitrogens is 3. The molecule has 0 aliphatic rings. The Morgan fingerprint density at radius 3 is 1.58 bits per heavy atom. The molecule has 0 amide bonds. The molecule has 0 fully saturated rings. The zero-order chi connectivity index (χ0) is 9.40.